The molecular formula is C18H25NO4. The van der Waals surface area contributed by atoms with E-state index in [1.54, 1.807) is 7.11 Å². The van der Waals surface area contributed by atoms with Crippen LogP contribution in [-0.2, 0) is 14.9 Å². The smallest absolute Gasteiger partial charge is 0.302 e. The average molecular weight is 319 g/mol. The number of hydrogen-bond donors (Lipinski definition) is 2. The highest BCUT2D eigenvalue weighted by Gasteiger charge is 2.56. The Morgan fingerprint density at radius 2 is 2.22 bits per heavy atom. The Morgan fingerprint density at radius 3 is 2.96 bits per heavy atom. The summed E-state index contributed by atoms with van der Waals surface area (Å²) in [6, 6.07) is 7.93. The van der Waals surface area contributed by atoms with Crippen LogP contribution in [0.3, 0.4) is 0 Å². The van der Waals surface area contributed by atoms with Crippen molar-refractivity contribution in [1.29, 1.82) is 0 Å². The van der Waals surface area contributed by atoms with Gasteiger partial charge in [0.2, 0.25) is 0 Å². The molecule has 2 fully saturated rings. The van der Waals surface area contributed by atoms with E-state index in [2.05, 4.69) is 11.4 Å². The van der Waals surface area contributed by atoms with E-state index in [4.69, 9.17) is 9.47 Å². The molecule has 0 bridgehead atoms. The molecule has 1 saturated heterocycles. The molecule has 1 aliphatic heterocycles. The Balaban J connectivity index is 2.01. The lowest BCUT2D eigenvalue weighted by atomic mass is 9.56. The third kappa shape index (κ3) is 2.83. The number of benzene rings is 1. The molecule has 23 heavy (non-hydrogen) atoms. The molecule has 1 aromatic rings. The third-order valence-corrected chi connectivity index (χ3v) is 5.45. The van der Waals surface area contributed by atoms with Gasteiger partial charge in [-0.1, -0.05) is 12.1 Å². The largest absolute Gasteiger partial charge is 0.497 e. The lowest BCUT2D eigenvalue weighted by Crippen LogP contribution is -2.65. The number of fused-ring (bicyclic) bond motifs is 1. The molecular weight excluding hydrogens is 294 g/mol. The molecule has 1 saturated carbocycles. The van der Waals surface area contributed by atoms with E-state index in [0.29, 0.717) is 25.8 Å². The summed E-state index contributed by atoms with van der Waals surface area (Å²) < 4.78 is 10.9. The van der Waals surface area contributed by atoms with Gasteiger partial charge in [0.15, 0.2) is 0 Å². The Labute approximate surface area is 137 Å². The molecule has 3 atom stereocenters. The summed E-state index contributed by atoms with van der Waals surface area (Å²) in [6.07, 6.45) is 2.64. The van der Waals surface area contributed by atoms with E-state index < -0.39 is 11.0 Å². The molecule has 3 rings (SSSR count). The van der Waals surface area contributed by atoms with E-state index in [1.165, 1.54) is 6.92 Å². The second kappa shape index (κ2) is 6.13. The van der Waals surface area contributed by atoms with Crippen molar-refractivity contribution < 1.29 is 19.4 Å². The summed E-state index contributed by atoms with van der Waals surface area (Å²) in [5, 5.41) is 14.7. The van der Waals surface area contributed by atoms with Gasteiger partial charge >= 0.3 is 5.97 Å². The normalized spacial score (nSPS) is 33.6. The Hall–Kier alpha value is -1.59. The highest BCUT2D eigenvalue weighted by Crippen LogP contribution is 2.51. The van der Waals surface area contributed by atoms with Crippen LogP contribution >= 0.6 is 0 Å². The molecule has 126 valence electrons. The van der Waals surface area contributed by atoms with Crippen LogP contribution in [0, 0.1) is 0 Å². The zero-order valence-electron chi connectivity index (χ0n) is 13.8. The number of hydrogen-bond acceptors (Lipinski definition) is 5. The van der Waals surface area contributed by atoms with Crippen molar-refractivity contribution in [1.82, 2.24) is 5.32 Å². The van der Waals surface area contributed by atoms with Crippen LogP contribution in [0.4, 0.5) is 0 Å². The first kappa shape index (κ1) is 16.3. The molecule has 0 amide bonds. The monoisotopic (exact) mass is 319 g/mol. The van der Waals surface area contributed by atoms with Crippen molar-refractivity contribution in [2.24, 2.45) is 0 Å². The van der Waals surface area contributed by atoms with Crippen LogP contribution in [-0.4, -0.2) is 43.0 Å². The van der Waals surface area contributed by atoms with Gasteiger partial charge in [-0.3, -0.25) is 4.79 Å². The summed E-state index contributed by atoms with van der Waals surface area (Å²) in [6.45, 7) is 2.85. The maximum Gasteiger partial charge on any atom is 0.302 e. The fourth-order valence-electron chi connectivity index (χ4n) is 4.30. The molecule has 1 heterocycles. The van der Waals surface area contributed by atoms with Crippen LogP contribution in [0.1, 0.15) is 38.2 Å². The zero-order chi connectivity index (χ0) is 16.5. The Kier molecular flexibility index (Phi) is 4.34. The van der Waals surface area contributed by atoms with Gasteiger partial charge in [0.1, 0.15) is 11.9 Å². The fourth-order valence-corrected chi connectivity index (χ4v) is 4.30. The highest BCUT2D eigenvalue weighted by atomic mass is 16.5. The second-order valence-corrected chi connectivity index (χ2v) is 6.75. The lowest BCUT2D eigenvalue weighted by Gasteiger charge is -2.55. The number of nitrogens with one attached hydrogen (secondary N) is 1. The minimum absolute atomic E-state index is 0.142. The summed E-state index contributed by atoms with van der Waals surface area (Å²) in [5.74, 6) is 0.530. The third-order valence-electron chi connectivity index (χ3n) is 5.45. The Morgan fingerprint density at radius 1 is 1.39 bits per heavy atom. The van der Waals surface area contributed by atoms with Gasteiger partial charge in [-0.05, 0) is 49.9 Å². The predicted molar refractivity (Wildman–Crippen MR) is 86.5 cm³/mol. The SMILES string of the molecule is COc1cccc([C@]23CCNC[C@]2(O)CCC(OC(C)=O)C3)c1. The first-order valence-corrected chi connectivity index (χ1v) is 8.24. The number of β-amino-alcohol motifs (C(OH)–C–C–N with tert-alkyl or cyclic N) is 1. The standard InChI is InChI=1S/C18H25NO4/c1-13(20)23-16-6-7-18(21)12-19-9-8-17(18,11-16)14-4-3-5-15(10-14)22-2/h3-5,10,16,19,21H,6-9,11-12H2,1-2H3/t16?,17-,18-/m1/s1. The number of piperidine rings is 1. The lowest BCUT2D eigenvalue weighted by molar-refractivity contribution is -0.160. The van der Waals surface area contributed by atoms with Crippen molar-refractivity contribution in [3.05, 3.63) is 29.8 Å². The van der Waals surface area contributed by atoms with Gasteiger partial charge < -0.3 is 19.9 Å². The van der Waals surface area contributed by atoms with E-state index in [0.717, 1.165) is 24.3 Å². The van der Waals surface area contributed by atoms with E-state index >= 15 is 0 Å². The van der Waals surface area contributed by atoms with Gasteiger partial charge in [-0.15, -0.1) is 0 Å². The van der Waals surface area contributed by atoms with Crippen LogP contribution in [0.15, 0.2) is 24.3 Å². The molecule has 0 radical (unpaired) electrons. The summed E-state index contributed by atoms with van der Waals surface area (Å²) in [5.41, 5.74) is -0.169. The summed E-state index contributed by atoms with van der Waals surface area (Å²) in [4.78, 5) is 11.4. The highest BCUT2D eigenvalue weighted by molar-refractivity contribution is 5.66. The van der Waals surface area contributed by atoms with Crippen LogP contribution < -0.4 is 10.1 Å². The number of esters is 1. The summed E-state index contributed by atoms with van der Waals surface area (Å²) >= 11 is 0. The molecule has 1 unspecified atom stereocenters. The molecule has 0 aromatic heterocycles. The molecule has 0 spiro atoms. The molecule has 2 aliphatic rings. The van der Waals surface area contributed by atoms with Gasteiger partial charge in [0.05, 0.1) is 12.7 Å². The number of rotatable bonds is 3. The van der Waals surface area contributed by atoms with Crippen molar-refractivity contribution in [2.45, 2.75) is 49.7 Å². The number of methoxy groups -OCH3 is 1. The minimum Gasteiger partial charge on any atom is -0.497 e. The number of aliphatic hydroxyl groups is 1. The first-order chi connectivity index (χ1) is 11.0. The van der Waals surface area contributed by atoms with Gasteiger partial charge in [0, 0.05) is 18.9 Å². The minimum atomic E-state index is -0.825. The average Bonchev–Trinajstić information content (AvgIpc) is 2.54. The van der Waals surface area contributed by atoms with E-state index in [1.807, 2.05) is 18.2 Å². The quantitative estimate of drug-likeness (QED) is 0.831. The van der Waals surface area contributed by atoms with Crippen molar-refractivity contribution in [2.75, 3.05) is 20.2 Å². The maximum atomic E-state index is 11.4. The van der Waals surface area contributed by atoms with Gasteiger partial charge in [-0.25, -0.2) is 0 Å². The van der Waals surface area contributed by atoms with Crippen molar-refractivity contribution in [3.63, 3.8) is 0 Å². The maximum absolute atomic E-state index is 11.4. The number of carbonyl (C=O) groups is 1. The number of ether oxygens (including phenoxy) is 2. The molecule has 1 aliphatic carbocycles. The molecule has 1 aromatic carbocycles. The topological polar surface area (TPSA) is 67.8 Å². The summed E-state index contributed by atoms with van der Waals surface area (Å²) in [7, 11) is 1.65. The molecule has 5 heteroatoms. The zero-order valence-corrected chi connectivity index (χ0v) is 13.8. The second-order valence-electron chi connectivity index (χ2n) is 6.75. The van der Waals surface area contributed by atoms with E-state index in [-0.39, 0.29) is 12.1 Å². The first-order valence-electron chi connectivity index (χ1n) is 8.24. The van der Waals surface area contributed by atoms with Crippen LogP contribution in [0.25, 0.3) is 0 Å². The predicted octanol–water partition coefficient (Wildman–Crippen LogP) is 1.77. The van der Waals surface area contributed by atoms with Crippen LogP contribution in [0.5, 0.6) is 5.75 Å². The fraction of sp³-hybridized carbons (Fsp3) is 0.611. The molecule has 5 nitrogen and oxygen atoms in total. The number of carbonyl (C=O) groups excluding carboxylic acids is 1. The van der Waals surface area contributed by atoms with Crippen LogP contribution in [0.2, 0.25) is 0 Å². The van der Waals surface area contributed by atoms with Crippen molar-refractivity contribution >= 4 is 5.97 Å². The van der Waals surface area contributed by atoms with Crippen molar-refractivity contribution in [3.8, 4) is 5.75 Å². The van der Waals surface area contributed by atoms with E-state index in [9.17, 15) is 9.90 Å². The Bertz CT molecular complexity index is 590. The molecule has 2 N–H and O–H groups in total. The van der Waals surface area contributed by atoms with Gasteiger partial charge in [0.25, 0.3) is 0 Å². The van der Waals surface area contributed by atoms with Gasteiger partial charge in [-0.2, -0.15) is 0 Å².